The van der Waals surface area contributed by atoms with Crippen molar-refractivity contribution in [2.24, 2.45) is 0 Å². The van der Waals surface area contributed by atoms with Gasteiger partial charge in [-0.15, -0.1) is 5.10 Å². The number of benzene rings is 3. The van der Waals surface area contributed by atoms with E-state index in [1.807, 2.05) is 66.7 Å². The van der Waals surface area contributed by atoms with Crippen LogP contribution in [0.4, 0.5) is 0 Å². The SMILES string of the molecule is O=S(Cc1ccc2ccccc2c1)c1nnc(-c2ccccc2)o1. The summed E-state index contributed by atoms with van der Waals surface area (Å²) >= 11 is 0. The van der Waals surface area contributed by atoms with E-state index in [4.69, 9.17) is 4.42 Å². The largest absolute Gasteiger partial charge is 0.410 e. The van der Waals surface area contributed by atoms with Gasteiger partial charge in [-0.2, -0.15) is 0 Å². The molecule has 1 unspecified atom stereocenters. The van der Waals surface area contributed by atoms with Crippen LogP contribution in [0.2, 0.25) is 0 Å². The van der Waals surface area contributed by atoms with Crippen LogP contribution < -0.4 is 0 Å². The summed E-state index contributed by atoms with van der Waals surface area (Å²) in [5.74, 6) is 0.735. The van der Waals surface area contributed by atoms with E-state index in [1.165, 1.54) is 0 Å². The maximum Gasteiger partial charge on any atom is 0.308 e. The number of rotatable bonds is 4. The third kappa shape index (κ3) is 2.98. The van der Waals surface area contributed by atoms with E-state index in [1.54, 1.807) is 0 Å². The second-order valence-corrected chi connectivity index (χ2v) is 6.74. The molecule has 0 aliphatic carbocycles. The summed E-state index contributed by atoms with van der Waals surface area (Å²) in [4.78, 5) is 0. The Morgan fingerprint density at radius 2 is 1.58 bits per heavy atom. The third-order valence-corrected chi connectivity index (χ3v) is 4.88. The van der Waals surface area contributed by atoms with E-state index in [2.05, 4.69) is 16.3 Å². The van der Waals surface area contributed by atoms with E-state index in [9.17, 15) is 4.21 Å². The Bertz CT molecular complexity index is 1010. The van der Waals surface area contributed by atoms with E-state index in [0.29, 0.717) is 11.6 Å². The first-order valence-electron chi connectivity index (χ1n) is 7.54. The van der Waals surface area contributed by atoms with Gasteiger partial charge in [0.2, 0.25) is 5.89 Å². The van der Waals surface area contributed by atoms with Crippen molar-refractivity contribution in [2.75, 3.05) is 0 Å². The molecule has 0 spiro atoms. The van der Waals surface area contributed by atoms with Crippen molar-refractivity contribution >= 4 is 21.6 Å². The first-order valence-corrected chi connectivity index (χ1v) is 8.86. The fourth-order valence-corrected chi connectivity index (χ4v) is 3.45. The van der Waals surface area contributed by atoms with E-state index >= 15 is 0 Å². The molecule has 0 saturated heterocycles. The molecule has 0 bridgehead atoms. The summed E-state index contributed by atoms with van der Waals surface area (Å²) in [5, 5.41) is 10.4. The molecule has 4 aromatic rings. The minimum atomic E-state index is -1.37. The topological polar surface area (TPSA) is 56.0 Å². The molecule has 0 N–H and O–H groups in total. The zero-order chi connectivity index (χ0) is 16.4. The Balaban J connectivity index is 1.56. The molecule has 1 atom stereocenters. The lowest BCUT2D eigenvalue weighted by atomic mass is 10.1. The molecule has 3 aromatic carbocycles. The van der Waals surface area contributed by atoms with Crippen LogP contribution in [0.15, 0.2) is 82.4 Å². The second kappa shape index (κ2) is 6.37. The van der Waals surface area contributed by atoms with Crippen LogP contribution in [0.5, 0.6) is 0 Å². The molecule has 118 valence electrons. The van der Waals surface area contributed by atoms with Gasteiger partial charge in [-0.3, -0.25) is 0 Å². The lowest BCUT2D eigenvalue weighted by Gasteiger charge is -2.02. The van der Waals surface area contributed by atoms with Crippen LogP contribution in [0.1, 0.15) is 5.56 Å². The summed E-state index contributed by atoms with van der Waals surface area (Å²) in [6.45, 7) is 0. The van der Waals surface area contributed by atoms with Crippen molar-refractivity contribution in [3.8, 4) is 11.5 Å². The predicted molar refractivity (Wildman–Crippen MR) is 93.8 cm³/mol. The summed E-state index contributed by atoms with van der Waals surface area (Å²) < 4.78 is 18.1. The quantitative estimate of drug-likeness (QED) is 0.561. The number of aromatic nitrogens is 2. The molecule has 24 heavy (non-hydrogen) atoms. The molecule has 0 fully saturated rings. The second-order valence-electron chi connectivity index (χ2n) is 5.41. The minimum Gasteiger partial charge on any atom is -0.410 e. The van der Waals surface area contributed by atoms with Gasteiger partial charge in [-0.25, -0.2) is 4.21 Å². The zero-order valence-corrected chi connectivity index (χ0v) is 13.6. The highest BCUT2D eigenvalue weighted by Crippen LogP contribution is 2.21. The first-order chi connectivity index (χ1) is 11.8. The maximum atomic E-state index is 12.5. The molecule has 0 radical (unpaired) electrons. The van der Waals surface area contributed by atoms with Crippen LogP contribution in [-0.4, -0.2) is 14.4 Å². The molecule has 1 heterocycles. The molecular weight excluding hydrogens is 320 g/mol. The van der Waals surface area contributed by atoms with Crippen LogP contribution in [0.25, 0.3) is 22.2 Å². The van der Waals surface area contributed by atoms with Gasteiger partial charge in [-0.05, 0) is 28.5 Å². The van der Waals surface area contributed by atoms with Crippen molar-refractivity contribution in [2.45, 2.75) is 11.0 Å². The van der Waals surface area contributed by atoms with E-state index in [-0.39, 0.29) is 5.22 Å². The molecule has 0 amide bonds. The molecule has 4 rings (SSSR count). The number of hydrogen-bond donors (Lipinski definition) is 0. The van der Waals surface area contributed by atoms with Gasteiger partial charge in [0, 0.05) is 5.56 Å². The fourth-order valence-electron chi connectivity index (χ4n) is 2.54. The predicted octanol–water partition coefficient (Wildman–Crippen LogP) is 4.20. The van der Waals surface area contributed by atoms with Crippen molar-refractivity contribution in [3.63, 3.8) is 0 Å². The molecule has 0 saturated carbocycles. The van der Waals surface area contributed by atoms with Gasteiger partial charge in [-0.1, -0.05) is 65.8 Å². The van der Waals surface area contributed by atoms with Crippen molar-refractivity contribution in [3.05, 3.63) is 78.4 Å². The van der Waals surface area contributed by atoms with Crippen molar-refractivity contribution in [1.29, 1.82) is 0 Å². The smallest absolute Gasteiger partial charge is 0.308 e. The van der Waals surface area contributed by atoms with Gasteiger partial charge in [0.25, 0.3) is 0 Å². The maximum absolute atomic E-state index is 12.5. The number of nitrogens with zero attached hydrogens (tertiary/aromatic N) is 2. The first kappa shape index (κ1) is 14.8. The Labute approximate surface area is 141 Å². The van der Waals surface area contributed by atoms with Crippen LogP contribution in [0, 0.1) is 0 Å². The van der Waals surface area contributed by atoms with Gasteiger partial charge in [0.1, 0.15) is 10.8 Å². The van der Waals surface area contributed by atoms with E-state index in [0.717, 1.165) is 21.9 Å². The van der Waals surface area contributed by atoms with Crippen molar-refractivity contribution < 1.29 is 8.63 Å². The lowest BCUT2D eigenvalue weighted by Crippen LogP contribution is -1.97. The number of hydrogen-bond acceptors (Lipinski definition) is 4. The van der Waals surface area contributed by atoms with Gasteiger partial charge < -0.3 is 4.42 Å². The van der Waals surface area contributed by atoms with E-state index < -0.39 is 10.8 Å². The fraction of sp³-hybridized carbons (Fsp3) is 0.0526. The summed E-state index contributed by atoms with van der Waals surface area (Å²) in [6.07, 6.45) is 0. The molecular formula is C19H14N2O2S. The Hall–Kier alpha value is -2.79. The highest BCUT2D eigenvalue weighted by Gasteiger charge is 2.15. The molecule has 4 nitrogen and oxygen atoms in total. The highest BCUT2D eigenvalue weighted by molar-refractivity contribution is 7.84. The summed E-state index contributed by atoms with van der Waals surface area (Å²) in [6, 6.07) is 23.6. The molecule has 5 heteroatoms. The zero-order valence-electron chi connectivity index (χ0n) is 12.8. The number of fused-ring (bicyclic) bond motifs is 1. The highest BCUT2D eigenvalue weighted by atomic mass is 32.2. The monoisotopic (exact) mass is 334 g/mol. The third-order valence-electron chi connectivity index (χ3n) is 3.73. The van der Waals surface area contributed by atoms with Gasteiger partial charge in [0.05, 0.1) is 5.75 Å². The summed E-state index contributed by atoms with van der Waals surface area (Å²) in [7, 11) is -1.37. The summed E-state index contributed by atoms with van der Waals surface area (Å²) in [5.41, 5.74) is 1.80. The van der Waals surface area contributed by atoms with Gasteiger partial charge >= 0.3 is 5.22 Å². The van der Waals surface area contributed by atoms with Crippen molar-refractivity contribution in [1.82, 2.24) is 10.2 Å². The average Bonchev–Trinajstić information content (AvgIpc) is 3.13. The van der Waals surface area contributed by atoms with Crippen LogP contribution in [0.3, 0.4) is 0 Å². The standard InChI is InChI=1S/C19H14N2O2S/c22-24(13-14-10-11-15-6-4-5-9-17(15)12-14)19-21-20-18(23-19)16-7-2-1-3-8-16/h1-12H,13H2. The average molecular weight is 334 g/mol. The lowest BCUT2D eigenvalue weighted by molar-refractivity contribution is 0.455. The normalized spacial score (nSPS) is 12.3. The Kier molecular flexibility index (Phi) is 3.92. The van der Waals surface area contributed by atoms with Gasteiger partial charge in [0.15, 0.2) is 0 Å². The Morgan fingerprint density at radius 1 is 0.833 bits per heavy atom. The Morgan fingerprint density at radius 3 is 2.42 bits per heavy atom. The molecule has 0 aliphatic heterocycles. The minimum absolute atomic E-state index is 0.155. The molecule has 0 aliphatic rings. The molecule has 1 aromatic heterocycles. The van der Waals surface area contributed by atoms with Crippen LogP contribution >= 0.6 is 0 Å². The van der Waals surface area contributed by atoms with Crippen LogP contribution in [-0.2, 0) is 16.6 Å².